The Balaban J connectivity index is 1.18. The van der Waals surface area contributed by atoms with Crippen molar-refractivity contribution in [1.82, 2.24) is 9.88 Å². The molecule has 0 unspecified atom stereocenters. The molecule has 0 bridgehead atoms. The third-order valence-electron chi connectivity index (χ3n) is 6.29. The zero-order valence-electron chi connectivity index (χ0n) is 21.5. The van der Waals surface area contributed by atoms with Crippen molar-refractivity contribution in [2.45, 2.75) is 25.7 Å². The lowest BCUT2D eigenvalue weighted by atomic mass is 10.1. The summed E-state index contributed by atoms with van der Waals surface area (Å²) < 4.78 is 17.2. The Labute approximate surface area is 223 Å². The van der Waals surface area contributed by atoms with Gasteiger partial charge in [-0.1, -0.05) is 0 Å². The fourth-order valence-corrected chi connectivity index (χ4v) is 5.06. The number of nitrogens with one attached hydrogen (secondary N) is 2. The van der Waals surface area contributed by atoms with Crippen molar-refractivity contribution >= 4 is 22.3 Å². The van der Waals surface area contributed by atoms with E-state index in [0.717, 1.165) is 86.4 Å². The first-order valence-electron chi connectivity index (χ1n) is 12.9. The summed E-state index contributed by atoms with van der Waals surface area (Å²) in [6, 6.07) is 15.6. The van der Waals surface area contributed by atoms with Gasteiger partial charge in [-0.3, -0.25) is 10.3 Å². The number of thiazole rings is 1. The molecule has 1 aromatic heterocycles. The number of unbranched alkanes of at least 4 members (excludes halogenated alkanes) is 2. The summed E-state index contributed by atoms with van der Waals surface area (Å²) in [6.07, 6.45) is 3.95. The summed E-state index contributed by atoms with van der Waals surface area (Å²) in [5.74, 6) is 1.74. The quantitative estimate of drug-likeness (QED) is 0.161. The lowest BCUT2D eigenvalue weighted by Gasteiger charge is -2.26. The molecule has 0 spiro atoms. The number of nitrogens with two attached hydrogens (primary N) is 1. The molecule has 1 aliphatic heterocycles. The van der Waals surface area contributed by atoms with Gasteiger partial charge in [-0.25, -0.2) is 4.98 Å². The number of rotatable bonds is 14. The number of nitrogen functional groups attached to an aromatic ring is 1. The predicted molar refractivity (Wildman–Crippen MR) is 150 cm³/mol. The molecule has 0 atom stereocenters. The summed E-state index contributed by atoms with van der Waals surface area (Å²) in [4.78, 5) is 8.59. The molecule has 0 saturated carbocycles. The van der Waals surface area contributed by atoms with Crippen LogP contribution < -0.4 is 20.5 Å². The molecule has 1 saturated heterocycles. The van der Waals surface area contributed by atoms with Crippen LogP contribution in [-0.4, -0.2) is 68.8 Å². The molecule has 1 fully saturated rings. The highest BCUT2D eigenvalue weighted by atomic mass is 32.1. The smallest absolute Gasteiger partial charge is 0.183 e. The third kappa shape index (κ3) is 8.18. The van der Waals surface area contributed by atoms with Gasteiger partial charge in [-0.2, -0.15) is 0 Å². The SMILES string of the molecule is CNc1nc(-c2ccc(OCCCCCOc3ccc(C(=N)N)cc3)cc2)c(CCN2CCOCC2)s1. The number of morpholine rings is 1. The molecule has 2 heterocycles. The van der Waals surface area contributed by atoms with Gasteiger partial charge in [0.25, 0.3) is 0 Å². The van der Waals surface area contributed by atoms with E-state index in [9.17, 15) is 0 Å². The average molecular weight is 524 g/mol. The molecular weight excluding hydrogens is 486 g/mol. The van der Waals surface area contributed by atoms with Gasteiger partial charge in [0.2, 0.25) is 0 Å². The second-order valence-electron chi connectivity index (χ2n) is 8.96. The van der Waals surface area contributed by atoms with Crippen molar-refractivity contribution in [2.75, 3.05) is 58.4 Å². The van der Waals surface area contributed by atoms with E-state index in [-0.39, 0.29) is 5.84 Å². The zero-order chi connectivity index (χ0) is 25.9. The fourth-order valence-electron chi connectivity index (χ4n) is 4.14. The maximum Gasteiger partial charge on any atom is 0.183 e. The molecule has 4 rings (SSSR count). The monoisotopic (exact) mass is 523 g/mol. The van der Waals surface area contributed by atoms with Gasteiger partial charge in [0.1, 0.15) is 17.3 Å². The number of amidine groups is 1. The van der Waals surface area contributed by atoms with Crippen LogP contribution in [0, 0.1) is 5.41 Å². The summed E-state index contributed by atoms with van der Waals surface area (Å²) in [5, 5.41) is 11.6. The molecule has 0 amide bonds. The van der Waals surface area contributed by atoms with Crippen molar-refractivity contribution in [2.24, 2.45) is 5.73 Å². The summed E-state index contributed by atoms with van der Waals surface area (Å²) in [6.45, 7) is 6.01. The normalized spacial score (nSPS) is 13.9. The number of benzene rings is 2. The Bertz CT molecular complexity index is 1110. The number of ether oxygens (including phenoxy) is 3. The molecule has 1 aliphatic rings. The second-order valence-corrected chi connectivity index (χ2v) is 10.0. The van der Waals surface area contributed by atoms with Crippen molar-refractivity contribution in [1.29, 1.82) is 5.41 Å². The summed E-state index contributed by atoms with van der Waals surface area (Å²) in [5.41, 5.74) is 8.36. The maximum atomic E-state index is 7.43. The van der Waals surface area contributed by atoms with E-state index in [1.165, 1.54) is 4.88 Å². The predicted octanol–water partition coefficient (Wildman–Crippen LogP) is 4.64. The molecule has 3 aromatic rings. The van der Waals surface area contributed by atoms with E-state index in [1.54, 1.807) is 23.5 Å². The Hall–Kier alpha value is -3.14. The first-order valence-corrected chi connectivity index (χ1v) is 13.7. The van der Waals surface area contributed by atoms with Crippen LogP contribution in [0.4, 0.5) is 5.13 Å². The van der Waals surface area contributed by atoms with Gasteiger partial charge >= 0.3 is 0 Å². The molecule has 8 nitrogen and oxygen atoms in total. The van der Waals surface area contributed by atoms with Crippen LogP contribution in [0.25, 0.3) is 11.3 Å². The molecule has 9 heteroatoms. The lowest BCUT2D eigenvalue weighted by molar-refractivity contribution is 0.0385. The van der Waals surface area contributed by atoms with Gasteiger partial charge in [0.05, 0.1) is 32.1 Å². The fraction of sp³-hybridized carbons (Fsp3) is 0.429. The van der Waals surface area contributed by atoms with Crippen LogP contribution in [0.5, 0.6) is 11.5 Å². The topological polar surface area (TPSA) is 106 Å². The molecule has 0 aliphatic carbocycles. The zero-order valence-corrected chi connectivity index (χ0v) is 22.3. The van der Waals surface area contributed by atoms with E-state index in [0.29, 0.717) is 18.8 Å². The van der Waals surface area contributed by atoms with Crippen molar-refractivity contribution in [3.05, 3.63) is 59.0 Å². The molecular formula is C28H37N5O3S. The van der Waals surface area contributed by atoms with Crippen LogP contribution in [-0.2, 0) is 11.2 Å². The Kier molecular flexibility index (Phi) is 10.2. The van der Waals surface area contributed by atoms with Gasteiger partial charge in [-0.15, -0.1) is 11.3 Å². The lowest BCUT2D eigenvalue weighted by Crippen LogP contribution is -2.37. The first-order chi connectivity index (χ1) is 18.1. The average Bonchev–Trinajstić information content (AvgIpc) is 3.36. The maximum absolute atomic E-state index is 7.43. The second kappa shape index (κ2) is 14.0. The van der Waals surface area contributed by atoms with E-state index in [4.69, 9.17) is 30.3 Å². The molecule has 4 N–H and O–H groups in total. The summed E-state index contributed by atoms with van der Waals surface area (Å²) in [7, 11) is 1.92. The highest BCUT2D eigenvalue weighted by molar-refractivity contribution is 7.16. The number of hydrogen-bond acceptors (Lipinski definition) is 8. The van der Waals surface area contributed by atoms with Gasteiger partial charge in [0, 0.05) is 42.7 Å². The molecule has 37 heavy (non-hydrogen) atoms. The Morgan fingerprint density at radius 3 is 2.22 bits per heavy atom. The Morgan fingerprint density at radius 1 is 1.00 bits per heavy atom. The molecule has 0 radical (unpaired) electrons. The number of nitrogens with zero attached hydrogens (tertiary/aromatic N) is 2. The minimum absolute atomic E-state index is 0.0662. The van der Waals surface area contributed by atoms with E-state index in [1.807, 2.05) is 31.3 Å². The minimum Gasteiger partial charge on any atom is -0.494 e. The number of hydrogen-bond donors (Lipinski definition) is 3. The van der Waals surface area contributed by atoms with E-state index in [2.05, 4.69) is 22.3 Å². The van der Waals surface area contributed by atoms with Crippen molar-refractivity contribution in [3.63, 3.8) is 0 Å². The highest BCUT2D eigenvalue weighted by Gasteiger charge is 2.16. The van der Waals surface area contributed by atoms with Crippen LogP contribution in [0.1, 0.15) is 29.7 Å². The summed E-state index contributed by atoms with van der Waals surface area (Å²) >= 11 is 1.74. The molecule has 198 valence electrons. The van der Waals surface area contributed by atoms with Crippen LogP contribution in [0.3, 0.4) is 0 Å². The van der Waals surface area contributed by atoms with Gasteiger partial charge in [0.15, 0.2) is 5.13 Å². The minimum atomic E-state index is 0.0662. The van der Waals surface area contributed by atoms with Crippen molar-refractivity contribution < 1.29 is 14.2 Å². The van der Waals surface area contributed by atoms with E-state index < -0.39 is 0 Å². The number of aromatic nitrogens is 1. The van der Waals surface area contributed by atoms with Gasteiger partial charge < -0.3 is 25.3 Å². The highest BCUT2D eigenvalue weighted by Crippen LogP contribution is 2.32. The molecule has 2 aromatic carbocycles. The van der Waals surface area contributed by atoms with Crippen LogP contribution >= 0.6 is 11.3 Å². The van der Waals surface area contributed by atoms with E-state index >= 15 is 0 Å². The van der Waals surface area contributed by atoms with Crippen LogP contribution in [0.2, 0.25) is 0 Å². The first kappa shape index (κ1) is 26.9. The van der Waals surface area contributed by atoms with Crippen LogP contribution in [0.15, 0.2) is 48.5 Å². The standard InChI is InChI=1S/C28H37N5O3S/c1-31-28-32-26(25(37-28)13-14-33-15-19-34-20-16-33)21-5-9-23(10-6-21)35-17-3-2-4-18-36-24-11-7-22(8-12-24)27(29)30/h5-12H,2-4,13-20H2,1H3,(H3,29,30)(H,31,32). The largest absolute Gasteiger partial charge is 0.494 e. The van der Waals surface area contributed by atoms with Crippen molar-refractivity contribution in [3.8, 4) is 22.8 Å². The van der Waals surface area contributed by atoms with Gasteiger partial charge in [-0.05, 0) is 74.2 Å². The number of anilines is 1. The Morgan fingerprint density at radius 2 is 1.62 bits per heavy atom. The third-order valence-corrected chi connectivity index (χ3v) is 7.42.